The first-order valence-electron chi connectivity index (χ1n) is 12.3. The van der Waals surface area contributed by atoms with Crippen molar-refractivity contribution in [2.24, 2.45) is 0 Å². The molecule has 0 radical (unpaired) electrons. The van der Waals surface area contributed by atoms with Crippen LogP contribution in [0.4, 0.5) is 0 Å². The van der Waals surface area contributed by atoms with Crippen LogP contribution >= 0.6 is 0 Å². The minimum atomic E-state index is -0.446. The molecule has 6 heteroatoms. The monoisotopic (exact) mass is 485 g/mol. The molecule has 4 rings (SSSR count). The highest BCUT2D eigenvalue weighted by Gasteiger charge is 2.16. The number of ether oxygens (including phenoxy) is 2. The molecule has 6 nitrogen and oxygen atoms in total. The average molecular weight is 486 g/mol. The molecule has 186 valence electrons. The highest BCUT2D eigenvalue weighted by atomic mass is 16.6. The lowest BCUT2D eigenvalue weighted by atomic mass is 10.1. The summed E-state index contributed by atoms with van der Waals surface area (Å²) in [4.78, 5) is 25.1. The second kappa shape index (κ2) is 12.7. The maximum Gasteiger partial charge on any atom is 0.306 e. The Morgan fingerprint density at radius 3 is 2.47 bits per heavy atom. The van der Waals surface area contributed by atoms with E-state index < -0.39 is 6.10 Å². The van der Waals surface area contributed by atoms with Gasteiger partial charge in [0, 0.05) is 30.7 Å². The van der Waals surface area contributed by atoms with Crippen molar-refractivity contribution in [2.75, 3.05) is 19.7 Å². The fraction of sp³-hybridized carbons (Fsp3) is 0.267. The Morgan fingerprint density at radius 1 is 0.972 bits per heavy atom. The lowest BCUT2D eigenvalue weighted by Crippen LogP contribution is -2.36. The van der Waals surface area contributed by atoms with Gasteiger partial charge in [-0.15, -0.1) is 0 Å². The predicted octanol–water partition coefficient (Wildman–Crippen LogP) is 5.38. The average Bonchev–Trinajstić information content (AvgIpc) is 2.91. The molecule has 0 amide bonds. The van der Waals surface area contributed by atoms with E-state index in [9.17, 15) is 9.59 Å². The van der Waals surface area contributed by atoms with Gasteiger partial charge in [0.25, 0.3) is 0 Å². The van der Waals surface area contributed by atoms with Crippen LogP contribution in [0.15, 0.2) is 94.1 Å². The Labute approximate surface area is 210 Å². The summed E-state index contributed by atoms with van der Waals surface area (Å²) in [6.45, 7) is 3.58. The molecule has 0 aliphatic heterocycles. The summed E-state index contributed by atoms with van der Waals surface area (Å²) in [7, 11) is 0. The third kappa shape index (κ3) is 7.06. The Balaban J connectivity index is 1.42. The molecule has 0 aliphatic carbocycles. The van der Waals surface area contributed by atoms with Gasteiger partial charge < -0.3 is 19.2 Å². The van der Waals surface area contributed by atoms with Crippen LogP contribution in [0.25, 0.3) is 22.3 Å². The van der Waals surface area contributed by atoms with Gasteiger partial charge >= 0.3 is 5.97 Å². The number of hydrogen-bond donors (Lipinski definition) is 1. The molecule has 1 heterocycles. The predicted molar refractivity (Wildman–Crippen MR) is 141 cm³/mol. The normalized spacial score (nSPS) is 11.8. The fourth-order valence-corrected chi connectivity index (χ4v) is 3.87. The van der Waals surface area contributed by atoms with Crippen molar-refractivity contribution in [2.45, 2.75) is 32.3 Å². The van der Waals surface area contributed by atoms with E-state index >= 15 is 0 Å². The molecule has 4 aromatic rings. The van der Waals surface area contributed by atoms with E-state index in [0.717, 1.165) is 24.1 Å². The Bertz CT molecular complexity index is 1320. The summed E-state index contributed by atoms with van der Waals surface area (Å²) in [6.07, 6.45) is 1.46. The van der Waals surface area contributed by atoms with E-state index in [0.29, 0.717) is 41.9 Å². The molecule has 0 bridgehead atoms. The third-order valence-electron chi connectivity index (χ3n) is 5.75. The Morgan fingerprint density at radius 2 is 1.72 bits per heavy atom. The fourth-order valence-electron chi connectivity index (χ4n) is 3.87. The van der Waals surface area contributed by atoms with Crippen LogP contribution in [0.1, 0.15) is 25.3 Å². The van der Waals surface area contributed by atoms with Gasteiger partial charge in [-0.2, -0.15) is 0 Å². The van der Waals surface area contributed by atoms with Gasteiger partial charge in [-0.1, -0.05) is 67.6 Å². The highest BCUT2D eigenvalue weighted by Crippen LogP contribution is 2.25. The molecule has 36 heavy (non-hydrogen) atoms. The summed E-state index contributed by atoms with van der Waals surface area (Å²) in [5.74, 6) is 0.777. The van der Waals surface area contributed by atoms with Crippen molar-refractivity contribution in [1.29, 1.82) is 0 Å². The molecule has 1 unspecified atom stereocenters. The van der Waals surface area contributed by atoms with E-state index in [-0.39, 0.29) is 18.0 Å². The van der Waals surface area contributed by atoms with Crippen molar-refractivity contribution < 1.29 is 18.7 Å². The molecule has 0 aliphatic rings. The minimum absolute atomic E-state index is 0.115. The number of carbonyl (C=O) groups excluding carboxylic acids is 1. The number of hydrogen-bond acceptors (Lipinski definition) is 6. The van der Waals surface area contributed by atoms with Gasteiger partial charge in [0.1, 0.15) is 29.8 Å². The van der Waals surface area contributed by atoms with Crippen LogP contribution in [-0.4, -0.2) is 31.8 Å². The SMILES string of the molecule is CCCNCC(COc1ccc2c(=O)cc(-c3ccccc3)oc2c1)OC(=O)CCc1ccccc1. The number of esters is 1. The first-order valence-corrected chi connectivity index (χ1v) is 12.3. The van der Waals surface area contributed by atoms with Crippen molar-refractivity contribution >= 4 is 16.9 Å². The number of aryl methyl sites for hydroxylation is 1. The van der Waals surface area contributed by atoms with E-state index in [4.69, 9.17) is 13.9 Å². The number of fused-ring (bicyclic) bond motifs is 1. The smallest absolute Gasteiger partial charge is 0.306 e. The molecule has 0 saturated heterocycles. The zero-order chi connectivity index (χ0) is 25.2. The molecular weight excluding hydrogens is 454 g/mol. The highest BCUT2D eigenvalue weighted by molar-refractivity contribution is 5.80. The summed E-state index contributed by atoms with van der Waals surface area (Å²) >= 11 is 0. The number of benzene rings is 3. The maximum absolute atomic E-state index is 12.6. The molecule has 0 saturated carbocycles. The van der Waals surface area contributed by atoms with E-state index in [1.54, 1.807) is 18.2 Å². The van der Waals surface area contributed by atoms with E-state index in [2.05, 4.69) is 12.2 Å². The summed E-state index contributed by atoms with van der Waals surface area (Å²) in [5.41, 5.74) is 2.25. The van der Waals surface area contributed by atoms with Gasteiger partial charge in [0.2, 0.25) is 0 Å². The van der Waals surface area contributed by atoms with Gasteiger partial charge in [-0.3, -0.25) is 9.59 Å². The standard InChI is InChI=1S/C30H31NO5/c1-2-17-31-20-25(35-30(33)16-13-22-9-5-3-6-10-22)21-34-24-14-15-26-27(32)19-28(36-29(26)18-24)23-11-7-4-8-12-23/h3-12,14-15,18-19,25,31H,2,13,16-17,20-21H2,1H3. The number of nitrogens with one attached hydrogen (secondary N) is 1. The lowest BCUT2D eigenvalue weighted by Gasteiger charge is -2.19. The summed E-state index contributed by atoms with van der Waals surface area (Å²) in [6, 6.07) is 26.0. The topological polar surface area (TPSA) is 77.8 Å². The zero-order valence-corrected chi connectivity index (χ0v) is 20.4. The first-order chi connectivity index (χ1) is 17.6. The summed E-state index contributed by atoms with van der Waals surface area (Å²) in [5, 5.41) is 3.78. The maximum atomic E-state index is 12.6. The van der Waals surface area contributed by atoms with E-state index in [1.165, 1.54) is 6.07 Å². The van der Waals surface area contributed by atoms with Crippen molar-refractivity contribution in [3.8, 4) is 17.1 Å². The van der Waals surface area contributed by atoms with Crippen LogP contribution in [0.3, 0.4) is 0 Å². The third-order valence-corrected chi connectivity index (χ3v) is 5.75. The van der Waals surface area contributed by atoms with Crippen LogP contribution < -0.4 is 15.5 Å². The lowest BCUT2D eigenvalue weighted by molar-refractivity contribution is -0.150. The van der Waals surface area contributed by atoms with Gasteiger partial charge in [-0.25, -0.2) is 0 Å². The van der Waals surface area contributed by atoms with Crippen LogP contribution in [0.2, 0.25) is 0 Å². The Kier molecular flexibility index (Phi) is 8.89. The van der Waals surface area contributed by atoms with Crippen LogP contribution in [0, 0.1) is 0 Å². The van der Waals surface area contributed by atoms with Crippen LogP contribution in [-0.2, 0) is 16.0 Å². The number of rotatable bonds is 12. The first kappa shape index (κ1) is 25.2. The molecule has 1 aromatic heterocycles. The van der Waals surface area contributed by atoms with E-state index in [1.807, 2.05) is 60.7 Å². The molecule has 0 fully saturated rings. The molecule has 3 aromatic carbocycles. The minimum Gasteiger partial charge on any atom is -0.490 e. The van der Waals surface area contributed by atoms with Gasteiger partial charge in [0.15, 0.2) is 5.43 Å². The second-order valence-electron chi connectivity index (χ2n) is 8.61. The Hall–Kier alpha value is -3.90. The number of carbonyl (C=O) groups is 1. The van der Waals surface area contributed by atoms with Crippen molar-refractivity contribution in [1.82, 2.24) is 5.32 Å². The van der Waals surface area contributed by atoms with Crippen molar-refractivity contribution in [3.05, 3.63) is 101 Å². The molecule has 1 N–H and O–H groups in total. The van der Waals surface area contributed by atoms with Crippen molar-refractivity contribution in [3.63, 3.8) is 0 Å². The molecule has 1 atom stereocenters. The molecular formula is C30H31NO5. The van der Waals surface area contributed by atoms with Gasteiger partial charge in [0.05, 0.1) is 5.39 Å². The zero-order valence-electron chi connectivity index (χ0n) is 20.4. The second-order valence-corrected chi connectivity index (χ2v) is 8.61. The quantitative estimate of drug-likeness (QED) is 0.214. The molecule has 0 spiro atoms. The largest absolute Gasteiger partial charge is 0.490 e. The van der Waals surface area contributed by atoms with Crippen LogP contribution in [0.5, 0.6) is 5.75 Å². The summed E-state index contributed by atoms with van der Waals surface area (Å²) < 4.78 is 17.7. The van der Waals surface area contributed by atoms with Gasteiger partial charge in [-0.05, 0) is 37.1 Å².